The summed E-state index contributed by atoms with van der Waals surface area (Å²) in [6, 6.07) is 0. The highest BCUT2D eigenvalue weighted by Crippen LogP contribution is 2.70. The van der Waals surface area contributed by atoms with Gasteiger partial charge in [-0.3, -0.25) is 0 Å². The molecule has 72 valence electrons. The van der Waals surface area contributed by atoms with Crippen molar-refractivity contribution in [2.24, 2.45) is 16.7 Å². The molecule has 0 heterocycles. The van der Waals surface area contributed by atoms with E-state index >= 15 is 0 Å². The lowest BCUT2D eigenvalue weighted by Crippen LogP contribution is -2.01. The summed E-state index contributed by atoms with van der Waals surface area (Å²) in [6.07, 6.45) is 2.01. The summed E-state index contributed by atoms with van der Waals surface area (Å²) in [5, 5.41) is 9.17. The normalized spacial score (nSPS) is 28.5. The van der Waals surface area contributed by atoms with Crippen molar-refractivity contribution in [3.05, 3.63) is 0 Å². The minimum Gasteiger partial charge on any atom is -0.393 e. The summed E-state index contributed by atoms with van der Waals surface area (Å²) in [5.74, 6) is 0.805. The molecule has 12 heavy (non-hydrogen) atoms. The van der Waals surface area contributed by atoms with Crippen molar-refractivity contribution in [1.82, 2.24) is 0 Å². The summed E-state index contributed by atoms with van der Waals surface area (Å²) < 4.78 is 0. The van der Waals surface area contributed by atoms with Gasteiger partial charge in [0.2, 0.25) is 0 Å². The van der Waals surface area contributed by atoms with Crippen LogP contribution in [0.3, 0.4) is 0 Å². The van der Waals surface area contributed by atoms with Crippen LogP contribution in [0.2, 0.25) is 0 Å². The summed E-state index contributed by atoms with van der Waals surface area (Å²) in [4.78, 5) is 0. The van der Waals surface area contributed by atoms with Crippen molar-refractivity contribution in [3.63, 3.8) is 0 Å². The summed E-state index contributed by atoms with van der Waals surface area (Å²) in [5.41, 5.74) is 0.976. The van der Waals surface area contributed by atoms with E-state index < -0.39 is 0 Å². The van der Waals surface area contributed by atoms with Gasteiger partial charge in [0.05, 0.1) is 6.10 Å². The maximum absolute atomic E-state index is 9.17. The van der Waals surface area contributed by atoms with Gasteiger partial charge in [-0.15, -0.1) is 0 Å². The molecule has 1 aliphatic rings. The molecule has 1 saturated carbocycles. The van der Waals surface area contributed by atoms with Crippen LogP contribution in [0.25, 0.3) is 0 Å². The van der Waals surface area contributed by atoms with E-state index in [-0.39, 0.29) is 6.10 Å². The monoisotopic (exact) mass is 170 g/mol. The maximum atomic E-state index is 9.17. The predicted octanol–water partition coefficient (Wildman–Crippen LogP) is 2.83. The molecule has 0 bridgehead atoms. The molecule has 1 nitrogen and oxygen atoms in total. The Hall–Kier alpha value is -0.0400. The predicted molar refractivity (Wildman–Crippen MR) is 52.0 cm³/mol. The third kappa shape index (κ3) is 1.39. The maximum Gasteiger partial charge on any atom is 0.0512 e. The van der Waals surface area contributed by atoms with E-state index in [4.69, 9.17) is 5.11 Å². The van der Waals surface area contributed by atoms with Crippen molar-refractivity contribution < 1.29 is 5.11 Å². The number of rotatable bonds is 3. The van der Waals surface area contributed by atoms with E-state index in [1.54, 1.807) is 0 Å². The van der Waals surface area contributed by atoms with Gasteiger partial charge in [-0.25, -0.2) is 0 Å². The quantitative estimate of drug-likeness (QED) is 0.690. The van der Waals surface area contributed by atoms with E-state index in [1.165, 1.54) is 6.42 Å². The molecule has 0 spiro atoms. The minimum absolute atomic E-state index is 0.128. The summed E-state index contributed by atoms with van der Waals surface area (Å²) >= 11 is 0. The molecular weight excluding hydrogens is 148 g/mol. The SMILES string of the molecule is C[C@H](O)CCC1C(C)(C)C1(C)C. The second-order valence-corrected chi connectivity index (χ2v) is 5.42. The first-order valence-electron chi connectivity index (χ1n) is 4.98. The molecule has 0 amide bonds. The zero-order chi connectivity index (χ0) is 9.57. The van der Waals surface area contributed by atoms with Gasteiger partial charge in [0.1, 0.15) is 0 Å². The number of aliphatic hydroxyl groups excluding tert-OH is 1. The fraction of sp³-hybridized carbons (Fsp3) is 1.00. The zero-order valence-electron chi connectivity index (χ0n) is 9.02. The molecule has 0 unspecified atom stereocenters. The Balaban J connectivity index is 2.39. The molecule has 0 aromatic carbocycles. The van der Waals surface area contributed by atoms with Gasteiger partial charge in [0.25, 0.3) is 0 Å². The molecule has 1 atom stereocenters. The zero-order valence-corrected chi connectivity index (χ0v) is 9.02. The minimum atomic E-state index is -0.128. The fourth-order valence-corrected chi connectivity index (χ4v) is 2.46. The lowest BCUT2D eigenvalue weighted by Gasteiger charge is -2.04. The third-order valence-corrected chi connectivity index (χ3v) is 4.19. The van der Waals surface area contributed by atoms with Crippen LogP contribution in [-0.2, 0) is 0 Å². The van der Waals surface area contributed by atoms with Crippen LogP contribution in [-0.4, -0.2) is 11.2 Å². The Kier molecular flexibility index (Phi) is 2.28. The van der Waals surface area contributed by atoms with Crippen molar-refractivity contribution in [2.75, 3.05) is 0 Å². The van der Waals surface area contributed by atoms with Gasteiger partial charge in [0.15, 0.2) is 0 Å². The average Bonchev–Trinajstić information content (AvgIpc) is 2.21. The summed E-state index contributed by atoms with van der Waals surface area (Å²) in [7, 11) is 0. The second-order valence-electron chi connectivity index (χ2n) is 5.42. The third-order valence-electron chi connectivity index (χ3n) is 4.19. The van der Waals surface area contributed by atoms with Crippen molar-refractivity contribution >= 4 is 0 Å². The number of aliphatic hydroxyl groups is 1. The molecule has 1 heteroatoms. The van der Waals surface area contributed by atoms with Crippen molar-refractivity contribution in [2.45, 2.75) is 53.6 Å². The molecule has 0 aromatic heterocycles. The van der Waals surface area contributed by atoms with Crippen molar-refractivity contribution in [1.29, 1.82) is 0 Å². The van der Waals surface area contributed by atoms with Gasteiger partial charge >= 0.3 is 0 Å². The van der Waals surface area contributed by atoms with Crippen LogP contribution >= 0.6 is 0 Å². The largest absolute Gasteiger partial charge is 0.393 e. The lowest BCUT2D eigenvalue weighted by molar-refractivity contribution is 0.176. The molecule has 1 N–H and O–H groups in total. The van der Waals surface area contributed by atoms with Gasteiger partial charge < -0.3 is 5.11 Å². The molecule has 1 aliphatic carbocycles. The van der Waals surface area contributed by atoms with Gasteiger partial charge in [-0.05, 0) is 36.5 Å². The smallest absolute Gasteiger partial charge is 0.0512 e. The van der Waals surface area contributed by atoms with Crippen LogP contribution in [0.4, 0.5) is 0 Å². The molecule has 0 aliphatic heterocycles. The summed E-state index contributed by atoms with van der Waals surface area (Å²) in [6.45, 7) is 11.2. The van der Waals surface area contributed by atoms with Crippen LogP contribution < -0.4 is 0 Å². The number of hydrogen-bond donors (Lipinski definition) is 1. The molecule has 1 fully saturated rings. The molecular formula is C11H22O. The Morgan fingerprint density at radius 1 is 1.17 bits per heavy atom. The molecule has 0 radical (unpaired) electrons. The van der Waals surface area contributed by atoms with E-state index in [9.17, 15) is 0 Å². The van der Waals surface area contributed by atoms with Crippen molar-refractivity contribution in [3.8, 4) is 0 Å². The van der Waals surface area contributed by atoms with E-state index in [0.29, 0.717) is 10.8 Å². The Bertz CT molecular complexity index is 154. The number of hydrogen-bond acceptors (Lipinski definition) is 1. The van der Waals surface area contributed by atoms with Crippen LogP contribution in [0.1, 0.15) is 47.5 Å². The molecule has 1 rings (SSSR count). The first-order valence-corrected chi connectivity index (χ1v) is 4.98. The highest BCUT2D eigenvalue weighted by atomic mass is 16.3. The first kappa shape index (κ1) is 10.0. The second kappa shape index (κ2) is 2.73. The van der Waals surface area contributed by atoms with Gasteiger partial charge in [-0.2, -0.15) is 0 Å². The van der Waals surface area contributed by atoms with Crippen LogP contribution in [0.5, 0.6) is 0 Å². The average molecular weight is 170 g/mol. The fourth-order valence-electron chi connectivity index (χ4n) is 2.46. The van der Waals surface area contributed by atoms with Gasteiger partial charge in [0, 0.05) is 0 Å². The molecule has 0 saturated heterocycles. The Morgan fingerprint density at radius 2 is 1.58 bits per heavy atom. The lowest BCUT2D eigenvalue weighted by atomic mass is 10.0. The van der Waals surface area contributed by atoms with E-state index in [1.807, 2.05) is 6.92 Å². The van der Waals surface area contributed by atoms with E-state index in [2.05, 4.69) is 27.7 Å². The van der Waals surface area contributed by atoms with Gasteiger partial charge in [-0.1, -0.05) is 27.7 Å². The Morgan fingerprint density at radius 3 is 1.83 bits per heavy atom. The highest BCUT2D eigenvalue weighted by Gasteiger charge is 2.63. The van der Waals surface area contributed by atoms with Crippen LogP contribution in [0, 0.1) is 16.7 Å². The standard InChI is InChI=1S/C11H22O/c1-8(12)6-7-9-10(2,3)11(9,4)5/h8-9,12H,6-7H2,1-5H3/t8-/m0/s1. The molecule has 0 aromatic rings. The first-order chi connectivity index (χ1) is 5.30. The Labute approximate surface area is 76.2 Å². The highest BCUT2D eigenvalue weighted by molar-refractivity contribution is 5.11. The van der Waals surface area contributed by atoms with E-state index in [0.717, 1.165) is 12.3 Å². The van der Waals surface area contributed by atoms with Crippen LogP contribution in [0.15, 0.2) is 0 Å². The topological polar surface area (TPSA) is 20.2 Å².